The lowest BCUT2D eigenvalue weighted by Crippen LogP contribution is -2.40. The number of hydrogen-bond acceptors (Lipinski definition) is 4. The van der Waals surface area contributed by atoms with Gasteiger partial charge < -0.3 is 4.90 Å². The Morgan fingerprint density at radius 2 is 1.89 bits per heavy atom. The van der Waals surface area contributed by atoms with Gasteiger partial charge in [0.25, 0.3) is 5.91 Å². The summed E-state index contributed by atoms with van der Waals surface area (Å²) in [4.78, 5) is 15.3. The van der Waals surface area contributed by atoms with E-state index >= 15 is 0 Å². The number of amides is 1. The number of rotatable bonds is 4. The van der Waals surface area contributed by atoms with E-state index in [0.29, 0.717) is 16.3 Å². The number of hydrogen-bond donors (Lipinski definition) is 0. The number of sulfone groups is 1. The quantitative estimate of drug-likeness (QED) is 0.602. The predicted molar refractivity (Wildman–Crippen MR) is 110 cm³/mol. The van der Waals surface area contributed by atoms with E-state index in [9.17, 15) is 17.6 Å². The van der Waals surface area contributed by atoms with Crippen molar-refractivity contribution in [2.45, 2.75) is 19.0 Å². The molecule has 1 amide bonds. The number of carbonyl (C=O) groups excluding carboxylic acids is 1. The van der Waals surface area contributed by atoms with Gasteiger partial charge >= 0.3 is 0 Å². The normalized spacial score (nSPS) is 18.4. The number of benzene rings is 2. The van der Waals surface area contributed by atoms with Crippen LogP contribution in [0.15, 0.2) is 48.5 Å². The molecule has 4 nitrogen and oxygen atoms in total. The number of fused-ring (bicyclic) bond motifs is 1. The van der Waals surface area contributed by atoms with Gasteiger partial charge in [0, 0.05) is 22.7 Å². The molecular formula is C20H17ClFNO3S2. The van der Waals surface area contributed by atoms with Gasteiger partial charge in [-0.05, 0) is 30.2 Å². The van der Waals surface area contributed by atoms with Gasteiger partial charge in [-0.25, -0.2) is 12.8 Å². The van der Waals surface area contributed by atoms with Gasteiger partial charge in [0.15, 0.2) is 9.84 Å². The van der Waals surface area contributed by atoms with E-state index in [0.717, 1.165) is 15.6 Å². The predicted octanol–water partition coefficient (Wildman–Crippen LogP) is 4.52. The van der Waals surface area contributed by atoms with Crippen LogP contribution in [-0.4, -0.2) is 36.8 Å². The lowest BCUT2D eigenvalue weighted by molar-refractivity contribution is 0.0686. The zero-order valence-corrected chi connectivity index (χ0v) is 17.2. The van der Waals surface area contributed by atoms with Gasteiger partial charge in [0.2, 0.25) is 0 Å². The Bertz CT molecular complexity index is 1140. The van der Waals surface area contributed by atoms with Crippen LogP contribution in [0.4, 0.5) is 4.39 Å². The smallest absolute Gasteiger partial charge is 0.266 e. The molecule has 0 saturated carbocycles. The molecule has 1 aromatic heterocycles. The van der Waals surface area contributed by atoms with Gasteiger partial charge in [0.05, 0.1) is 16.5 Å². The standard InChI is InChI=1S/C20H17ClFNO3S2/c21-18-16-3-1-2-4-17(16)27-19(18)20(24)23(15-9-10-28(25,26)12-15)11-13-5-7-14(22)8-6-13/h1-8,15H,9-12H2/t15-/m0/s1. The van der Waals surface area contributed by atoms with Crippen molar-refractivity contribution in [3.63, 3.8) is 0 Å². The average Bonchev–Trinajstić information content (AvgIpc) is 3.20. The molecule has 1 saturated heterocycles. The zero-order chi connectivity index (χ0) is 19.9. The highest BCUT2D eigenvalue weighted by Gasteiger charge is 2.36. The zero-order valence-electron chi connectivity index (χ0n) is 14.8. The molecule has 1 fully saturated rings. The summed E-state index contributed by atoms with van der Waals surface area (Å²) < 4.78 is 38.1. The molecule has 8 heteroatoms. The van der Waals surface area contributed by atoms with E-state index in [1.54, 1.807) is 17.0 Å². The highest BCUT2D eigenvalue weighted by molar-refractivity contribution is 7.91. The Hall–Kier alpha value is -1.96. The van der Waals surface area contributed by atoms with Gasteiger partial charge in [0.1, 0.15) is 10.7 Å². The van der Waals surface area contributed by atoms with Crippen molar-refractivity contribution in [1.82, 2.24) is 4.90 Å². The molecule has 2 aromatic carbocycles. The molecule has 0 unspecified atom stereocenters. The van der Waals surface area contributed by atoms with Crippen LogP contribution in [0, 0.1) is 5.82 Å². The first-order chi connectivity index (χ1) is 13.3. The maximum Gasteiger partial charge on any atom is 0.266 e. The summed E-state index contributed by atoms with van der Waals surface area (Å²) in [5, 5.41) is 1.19. The van der Waals surface area contributed by atoms with Crippen LogP contribution in [0.5, 0.6) is 0 Å². The van der Waals surface area contributed by atoms with Crippen molar-refractivity contribution in [1.29, 1.82) is 0 Å². The van der Waals surface area contributed by atoms with Crippen molar-refractivity contribution in [3.8, 4) is 0 Å². The molecule has 1 aliphatic rings. The minimum atomic E-state index is -3.17. The first-order valence-corrected chi connectivity index (χ1v) is 11.8. The SMILES string of the molecule is O=C(c1sc2ccccc2c1Cl)N(Cc1ccc(F)cc1)[C@H]1CCS(=O)(=O)C1. The van der Waals surface area contributed by atoms with Crippen LogP contribution < -0.4 is 0 Å². The van der Waals surface area contributed by atoms with E-state index in [1.165, 1.54) is 23.5 Å². The van der Waals surface area contributed by atoms with Gasteiger partial charge in [-0.15, -0.1) is 11.3 Å². The van der Waals surface area contributed by atoms with Crippen LogP contribution >= 0.6 is 22.9 Å². The number of carbonyl (C=O) groups is 1. The van der Waals surface area contributed by atoms with E-state index in [4.69, 9.17) is 11.6 Å². The van der Waals surface area contributed by atoms with Crippen LogP contribution in [0.25, 0.3) is 10.1 Å². The third kappa shape index (κ3) is 3.79. The molecule has 1 aliphatic heterocycles. The van der Waals surface area contributed by atoms with Crippen molar-refractivity contribution in [2.75, 3.05) is 11.5 Å². The second-order valence-corrected chi connectivity index (χ2v) is 10.5. The summed E-state index contributed by atoms with van der Waals surface area (Å²) in [6.07, 6.45) is 0.387. The molecule has 0 N–H and O–H groups in total. The monoisotopic (exact) mass is 437 g/mol. The van der Waals surface area contributed by atoms with E-state index in [-0.39, 0.29) is 29.8 Å². The Balaban J connectivity index is 1.72. The van der Waals surface area contributed by atoms with Crippen molar-refractivity contribution >= 4 is 48.8 Å². The Morgan fingerprint density at radius 1 is 1.18 bits per heavy atom. The molecule has 3 aromatic rings. The van der Waals surface area contributed by atoms with Crippen LogP contribution in [0.2, 0.25) is 5.02 Å². The largest absolute Gasteiger partial charge is 0.330 e. The molecule has 4 rings (SSSR count). The lowest BCUT2D eigenvalue weighted by Gasteiger charge is -2.28. The molecule has 28 heavy (non-hydrogen) atoms. The maximum absolute atomic E-state index is 13.4. The van der Waals surface area contributed by atoms with Crippen LogP contribution in [0.3, 0.4) is 0 Å². The second-order valence-electron chi connectivity index (χ2n) is 6.86. The first kappa shape index (κ1) is 19.4. The fraction of sp³-hybridized carbons (Fsp3) is 0.250. The highest BCUT2D eigenvalue weighted by atomic mass is 35.5. The number of halogens is 2. The summed E-state index contributed by atoms with van der Waals surface area (Å²) in [5.41, 5.74) is 0.733. The van der Waals surface area contributed by atoms with Crippen molar-refractivity contribution in [2.24, 2.45) is 0 Å². The summed E-state index contributed by atoms with van der Waals surface area (Å²) in [5.74, 6) is -0.664. The molecule has 146 valence electrons. The van der Waals surface area contributed by atoms with Crippen LogP contribution in [-0.2, 0) is 16.4 Å². The number of thiophene rings is 1. The number of nitrogens with zero attached hydrogens (tertiary/aromatic N) is 1. The lowest BCUT2D eigenvalue weighted by atomic mass is 10.1. The fourth-order valence-electron chi connectivity index (χ4n) is 3.46. The van der Waals surface area contributed by atoms with Crippen molar-refractivity contribution < 1.29 is 17.6 Å². The third-order valence-corrected chi connectivity index (χ3v) is 8.32. The molecular weight excluding hydrogens is 421 g/mol. The van der Waals surface area contributed by atoms with Crippen molar-refractivity contribution in [3.05, 3.63) is 69.8 Å². The topological polar surface area (TPSA) is 54.5 Å². The molecule has 0 spiro atoms. The Kier molecular flexibility index (Phi) is 5.16. The average molecular weight is 438 g/mol. The van der Waals surface area contributed by atoms with Gasteiger partial charge in [-0.2, -0.15) is 0 Å². The molecule has 0 aliphatic carbocycles. The maximum atomic E-state index is 13.4. The van der Waals surface area contributed by atoms with E-state index in [1.807, 2.05) is 24.3 Å². The fourth-order valence-corrected chi connectivity index (χ4v) is 6.66. The second kappa shape index (κ2) is 7.46. The molecule has 2 heterocycles. The minimum absolute atomic E-state index is 0.0605. The third-order valence-electron chi connectivity index (χ3n) is 4.91. The summed E-state index contributed by atoms with van der Waals surface area (Å²) >= 11 is 7.78. The molecule has 0 bridgehead atoms. The summed E-state index contributed by atoms with van der Waals surface area (Å²) in [6.45, 7) is 0.198. The van der Waals surface area contributed by atoms with Crippen LogP contribution in [0.1, 0.15) is 21.7 Å². The minimum Gasteiger partial charge on any atom is -0.330 e. The Labute approximate surface area is 171 Å². The molecule has 0 radical (unpaired) electrons. The first-order valence-electron chi connectivity index (χ1n) is 8.77. The Morgan fingerprint density at radius 3 is 2.54 bits per heavy atom. The van der Waals surface area contributed by atoms with E-state index in [2.05, 4.69) is 0 Å². The van der Waals surface area contributed by atoms with Gasteiger partial charge in [-0.3, -0.25) is 4.79 Å². The van der Waals surface area contributed by atoms with E-state index < -0.39 is 15.9 Å². The molecule has 1 atom stereocenters. The summed E-state index contributed by atoms with van der Waals surface area (Å²) in [6, 6.07) is 12.9. The summed E-state index contributed by atoms with van der Waals surface area (Å²) in [7, 11) is -3.17. The van der Waals surface area contributed by atoms with Gasteiger partial charge in [-0.1, -0.05) is 41.9 Å². The highest BCUT2D eigenvalue weighted by Crippen LogP contribution is 2.37.